The van der Waals surface area contributed by atoms with Crippen molar-refractivity contribution in [2.45, 2.75) is 19.3 Å². The first-order valence-electron chi connectivity index (χ1n) is 5.37. The van der Waals surface area contributed by atoms with Gasteiger partial charge in [0.25, 0.3) is 0 Å². The molecule has 1 heterocycles. The van der Waals surface area contributed by atoms with Crippen molar-refractivity contribution in [3.05, 3.63) is 24.0 Å². The number of aliphatic hydroxyl groups excluding tert-OH is 1. The smallest absolute Gasteiger partial charge is 0.137 e. The maximum Gasteiger partial charge on any atom is 0.137 e. The summed E-state index contributed by atoms with van der Waals surface area (Å²) in [5.74, 6) is 2.64. The van der Waals surface area contributed by atoms with Gasteiger partial charge in [0.05, 0.1) is 13.3 Å². The molecule has 0 spiro atoms. The minimum Gasteiger partial charge on any atom is -0.495 e. The summed E-state index contributed by atoms with van der Waals surface area (Å²) in [6.07, 6.45) is 4.52. The highest BCUT2D eigenvalue weighted by molar-refractivity contribution is 5.31. The van der Waals surface area contributed by atoms with E-state index in [1.807, 2.05) is 12.3 Å². The Kier molecular flexibility index (Phi) is 2.91. The molecular weight excluding hydrogens is 190 g/mol. The van der Waals surface area contributed by atoms with Crippen LogP contribution in [0.15, 0.2) is 18.5 Å². The van der Waals surface area contributed by atoms with Gasteiger partial charge in [-0.25, -0.2) is 0 Å². The molecule has 0 aromatic carbocycles. The summed E-state index contributed by atoms with van der Waals surface area (Å²) in [5.41, 5.74) is 1.24. The summed E-state index contributed by atoms with van der Waals surface area (Å²) < 4.78 is 5.15. The molecule has 82 valence electrons. The van der Waals surface area contributed by atoms with Gasteiger partial charge in [-0.3, -0.25) is 4.98 Å². The van der Waals surface area contributed by atoms with Crippen LogP contribution in [0, 0.1) is 11.8 Å². The summed E-state index contributed by atoms with van der Waals surface area (Å²) >= 11 is 0. The lowest BCUT2D eigenvalue weighted by atomic mass is 10.1. The number of hydrogen-bond donors (Lipinski definition) is 1. The van der Waals surface area contributed by atoms with E-state index < -0.39 is 0 Å². The van der Waals surface area contributed by atoms with Crippen molar-refractivity contribution in [3.8, 4) is 5.75 Å². The molecule has 1 fully saturated rings. The summed E-state index contributed by atoms with van der Waals surface area (Å²) in [4.78, 5) is 4.16. The van der Waals surface area contributed by atoms with Gasteiger partial charge in [-0.2, -0.15) is 0 Å². The van der Waals surface area contributed by atoms with Gasteiger partial charge >= 0.3 is 0 Å². The molecule has 3 unspecified atom stereocenters. The van der Waals surface area contributed by atoms with Gasteiger partial charge in [0.1, 0.15) is 5.75 Å². The highest BCUT2D eigenvalue weighted by atomic mass is 16.5. The molecule has 15 heavy (non-hydrogen) atoms. The van der Waals surface area contributed by atoms with Crippen molar-refractivity contribution in [2.24, 2.45) is 11.8 Å². The van der Waals surface area contributed by atoms with Crippen molar-refractivity contribution in [1.82, 2.24) is 4.98 Å². The Morgan fingerprint density at radius 2 is 2.27 bits per heavy atom. The monoisotopic (exact) mass is 207 g/mol. The molecular formula is C12H17NO2. The molecule has 1 N–H and O–H groups in total. The Balaban J connectivity index is 2.10. The predicted octanol–water partition coefficient (Wildman–Crippen LogP) is 1.82. The maximum absolute atomic E-state index is 8.92. The summed E-state index contributed by atoms with van der Waals surface area (Å²) in [6, 6.07) is 2.05. The van der Waals surface area contributed by atoms with E-state index in [-0.39, 0.29) is 6.61 Å². The maximum atomic E-state index is 8.92. The SMILES string of the molecule is COc1cncc(C2C(C)C2CCO)c1. The molecule has 1 aromatic rings. The van der Waals surface area contributed by atoms with E-state index in [1.54, 1.807) is 13.3 Å². The van der Waals surface area contributed by atoms with Crippen LogP contribution in [0.5, 0.6) is 5.75 Å². The van der Waals surface area contributed by atoms with Gasteiger partial charge in [0, 0.05) is 12.8 Å². The van der Waals surface area contributed by atoms with Gasteiger partial charge in [-0.1, -0.05) is 6.92 Å². The van der Waals surface area contributed by atoms with Crippen LogP contribution >= 0.6 is 0 Å². The minimum atomic E-state index is 0.281. The number of aliphatic hydroxyl groups is 1. The van der Waals surface area contributed by atoms with E-state index in [9.17, 15) is 0 Å². The average Bonchev–Trinajstić information content (AvgIpc) is 2.90. The zero-order chi connectivity index (χ0) is 10.8. The molecule has 1 aromatic heterocycles. The van der Waals surface area contributed by atoms with Crippen molar-refractivity contribution in [1.29, 1.82) is 0 Å². The number of methoxy groups -OCH3 is 1. The van der Waals surface area contributed by atoms with E-state index in [0.29, 0.717) is 17.8 Å². The fourth-order valence-electron chi connectivity index (χ4n) is 2.42. The second-order valence-corrected chi connectivity index (χ2v) is 4.22. The second kappa shape index (κ2) is 4.19. The zero-order valence-electron chi connectivity index (χ0n) is 9.18. The molecule has 3 atom stereocenters. The number of ether oxygens (including phenoxy) is 1. The molecule has 0 saturated heterocycles. The number of hydrogen-bond acceptors (Lipinski definition) is 3. The molecule has 3 heteroatoms. The van der Waals surface area contributed by atoms with Crippen LogP contribution in [-0.4, -0.2) is 23.8 Å². The van der Waals surface area contributed by atoms with Gasteiger partial charge in [-0.15, -0.1) is 0 Å². The van der Waals surface area contributed by atoms with E-state index >= 15 is 0 Å². The highest BCUT2D eigenvalue weighted by Gasteiger charge is 2.46. The third kappa shape index (κ3) is 1.97. The molecule has 0 amide bonds. The van der Waals surface area contributed by atoms with Gasteiger partial charge < -0.3 is 9.84 Å². The first kappa shape index (κ1) is 10.4. The van der Waals surface area contributed by atoms with E-state index in [1.165, 1.54) is 5.56 Å². The van der Waals surface area contributed by atoms with E-state index in [2.05, 4.69) is 11.9 Å². The second-order valence-electron chi connectivity index (χ2n) is 4.22. The molecule has 0 bridgehead atoms. The lowest BCUT2D eigenvalue weighted by Gasteiger charge is -2.02. The first-order valence-corrected chi connectivity index (χ1v) is 5.37. The minimum absolute atomic E-state index is 0.281. The van der Waals surface area contributed by atoms with Crippen LogP contribution in [0.1, 0.15) is 24.8 Å². The van der Waals surface area contributed by atoms with Gasteiger partial charge in [-0.05, 0) is 35.8 Å². The Labute approximate surface area is 90.1 Å². The zero-order valence-corrected chi connectivity index (χ0v) is 9.18. The Morgan fingerprint density at radius 3 is 2.93 bits per heavy atom. The van der Waals surface area contributed by atoms with Crippen molar-refractivity contribution in [2.75, 3.05) is 13.7 Å². The predicted molar refractivity (Wildman–Crippen MR) is 57.9 cm³/mol. The summed E-state index contributed by atoms with van der Waals surface area (Å²) in [6.45, 7) is 2.51. The third-order valence-electron chi connectivity index (χ3n) is 3.38. The molecule has 0 aliphatic heterocycles. The topological polar surface area (TPSA) is 42.4 Å². The number of pyridine rings is 1. The molecule has 0 radical (unpaired) electrons. The summed E-state index contributed by atoms with van der Waals surface area (Å²) in [5, 5.41) is 8.92. The normalized spacial score (nSPS) is 28.9. The lowest BCUT2D eigenvalue weighted by Crippen LogP contribution is -1.90. The van der Waals surface area contributed by atoms with Crippen molar-refractivity contribution >= 4 is 0 Å². The number of nitrogens with zero attached hydrogens (tertiary/aromatic N) is 1. The van der Waals surface area contributed by atoms with Crippen LogP contribution < -0.4 is 4.74 Å². The third-order valence-corrected chi connectivity index (χ3v) is 3.38. The highest BCUT2D eigenvalue weighted by Crippen LogP contribution is 2.55. The Bertz CT molecular complexity index is 340. The molecule has 1 aliphatic carbocycles. The van der Waals surface area contributed by atoms with E-state index in [4.69, 9.17) is 9.84 Å². The van der Waals surface area contributed by atoms with Crippen molar-refractivity contribution in [3.63, 3.8) is 0 Å². The van der Waals surface area contributed by atoms with E-state index in [0.717, 1.165) is 12.2 Å². The molecule has 2 rings (SSSR count). The first-order chi connectivity index (χ1) is 7.27. The van der Waals surface area contributed by atoms with Crippen LogP contribution in [-0.2, 0) is 0 Å². The standard InChI is InChI=1S/C12H17NO2/c1-8-11(3-4-14)12(8)9-5-10(15-2)7-13-6-9/h5-8,11-12,14H,3-4H2,1-2H3. The van der Waals surface area contributed by atoms with Crippen LogP contribution in [0.25, 0.3) is 0 Å². The quantitative estimate of drug-likeness (QED) is 0.819. The molecule has 1 saturated carbocycles. The molecule has 1 aliphatic rings. The fourth-order valence-corrected chi connectivity index (χ4v) is 2.42. The summed E-state index contributed by atoms with van der Waals surface area (Å²) in [7, 11) is 1.66. The lowest BCUT2D eigenvalue weighted by molar-refractivity contribution is 0.276. The van der Waals surface area contributed by atoms with Crippen LogP contribution in [0.2, 0.25) is 0 Å². The van der Waals surface area contributed by atoms with Gasteiger partial charge in [0.15, 0.2) is 0 Å². The largest absolute Gasteiger partial charge is 0.495 e. The van der Waals surface area contributed by atoms with Crippen LogP contribution in [0.4, 0.5) is 0 Å². The van der Waals surface area contributed by atoms with Crippen LogP contribution in [0.3, 0.4) is 0 Å². The number of aromatic nitrogens is 1. The fraction of sp³-hybridized carbons (Fsp3) is 0.583. The Hall–Kier alpha value is -1.09. The average molecular weight is 207 g/mol. The van der Waals surface area contributed by atoms with Gasteiger partial charge in [0.2, 0.25) is 0 Å². The molecule has 3 nitrogen and oxygen atoms in total. The number of rotatable bonds is 4. The van der Waals surface area contributed by atoms with Crippen molar-refractivity contribution < 1.29 is 9.84 Å². The Morgan fingerprint density at radius 1 is 1.47 bits per heavy atom.